The highest BCUT2D eigenvalue weighted by Crippen LogP contribution is 2.43. The third kappa shape index (κ3) is 7.29. The van der Waals surface area contributed by atoms with Crippen LogP contribution < -0.4 is 11.5 Å². The topological polar surface area (TPSA) is 186 Å². The Morgan fingerprint density at radius 1 is 1.13 bits per heavy atom. The highest BCUT2D eigenvalue weighted by Gasteiger charge is 2.54. The first-order valence-electron chi connectivity index (χ1n) is 12.0. The second kappa shape index (κ2) is 12.8. The SMILES string of the molecule is CC(C)(CC(C#N)C[C@@H](O)[C@@H](N)C(Cc1ccccc1)(c1ccccc1)C1OC=C(S(=O)(=O)O)O1)C(N)=O.Cl. The monoisotopic (exact) mass is 579 g/mol. The zero-order chi connectivity index (χ0) is 28.1. The first-order valence-corrected chi connectivity index (χ1v) is 13.5. The number of hydrogen-bond donors (Lipinski definition) is 4. The summed E-state index contributed by atoms with van der Waals surface area (Å²) in [7, 11) is -4.72. The first-order chi connectivity index (χ1) is 17.8. The average Bonchev–Trinajstić information content (AvgIpc) is 3.39. The van der Waals surface area contributed by atoms with E-state index in [0.717, 1.165) is 11.8 Å². The quantitative estimate of drug-likeness (QED) is 0.274. The van der Waals surface area contributed by atoms with Crippen molar-refractivity contribution in [2.75, 3.05) is 0 Å². The molecule has 0 radical (unpaired) electrons. The number of carbonyl (C=O) groups excluding carboxylic acids is 1. The number of ether oxygens (including phenoxy) is 2. The Hall–Kier alpha value is -3.14. The number of primary amides is 1. The summed E-state index contributed by atoms with van der Waals surface area (Å²) < 4.78 is 44.4. The lowest BCUT2D eigenvalue weighted by Gasteiger charge is -2.44. The minimum atomic E-state index is -4.72. The summed E-state index contributed by atoms with van der Waals surface area (Å²) in [4.78, 5) is 11.8. The Balaban J connectivity index is 0.00000533. The molecule has 6 N–H and O–H groups in total. The molecule has 2 aromatic carbocycles. The van der Waals surface area contributed by atoms with Gasteiger partial charge in [-0.1, -0.05) is 74.5 Å². The zero-order valence-corrected chi connectivity index (χ0v) is 23.3. The van der Waals surface area contributed by atoms with E-state index in [1.54, 1.807) is 44.2 Å². The van der Waals surface area contributed by atoms with Gasteiger partial charge in [-0.2, -0.15) is 13.7 Å². The van der Waals surface area contributed by atoms with E-state index in [9.17, 15) is 28.1 Å². The number of nitrogens with zero attached hydrogens (tertiary/aromatic N) is 1. The van der Waals surface area contributed by atoms with Crippen molar-refractivity contribution in [1.82, 2.24) is 0 Å². The highest BCUT2D eigenvalue weighted by molar-refractivity contribution is 7.89. The number of carbonyl (C=O) groups is 1. The molecule has 0 saturated heterocycles. The predicted molar refractivity (Wildman–Crippen MR) is 146 cm³/mol. The Kier molecular flexibility index (Phi) is 10.5. The van der Waals surface area contributed by atoms with Crippen LogP contribution in [0.3, 0.4) is 0 Å². The number of rotatable bonds is 12. The minimum Gasteiger partial charge on any atom is -0.457 e. The van der Waals surface area contributed by atoms with Crippen LogP contribution in [-0.2, 0) is 36.2 Å². The molecule has 3 rings (SSSR count). The third-order valence-electron chi connectivity index (χ3n) is 6.98. The average molecular weight is 580 g/mol. The molecule has 10 nitrogen and oxygen atoms in total. The van der Waals surface area contributed by atoms with Crippen molar-refractivity contribution >= 4 is 28.4 Å². The summed E-state index contributed by atoms with van der Waals surface area (Å²) in [5, 5.41) is 20.4. The van der Waals surface area contributed by atoms with Gasteiger partial charge in [0.2, 0.25) is 5.91 Å². The molecule has 0 fully saturated rings. The largest absolute Gasteiger partial charge is 0.457 e. The van der Waals surface area contributed by atoms with E-state index in [-0.39, 0.29) is 31.7 Å². The summed E-state index contributed by atoms with van der Waals surface area (Å²) in [6.07, 6.45) is -1.70. The molecule has 3 unspecified atom stereocenters. The fourth-order valence-electron chi connectivity index (χ4n) is 4.78. The van der Waals surface area contributed by atoms with Crippen LogP contribution in [0, 0.1) is 22.7 Å². The molecule has 12 heteroatoms. The van der Waals surface area contributed by atoms with Crippen LogP contribution in [0.15, 0.2) is 72.0 Å². The van der Waals surface area contributed by atoms with Crippen LogP contribution in [-0.4, -0.2) is 42.4 Å². The lowest BCUT2D eigenvalue weighted by atomic mass is 9.66. The van der Waals surface area contributed by atoms with Gasteiger partial charge in [0, 0.05) is 17.4 Å². The number of nitriles is 1. The van der Waals surface area contributed by atoms with Crippen LogP contribution in [0.2, 0.25) is 0 Å². The number of aliphatic hydroxyl groups excluding tert-OH is 1. The molecule has 1 aliphatic rings. The maximum Gasteiger partial charge on any atom is 0.331 e. The van der Waals surface area contributed by atoms with Crippen LogP contribution in [0.4, 0.5) is 0 Å². The molecular formula is C27H34ClN3O7S. The molecule has 1 aliphatic heterocycles. The summed E-state index contributed by atoms with van der Waals surface area (Å²) in [5.74, 6) is -1.34. The molecule has 212 valence electrons. The minimum absolute atomic E-state index is 0. The van der Waals surface area contributed by atoms with Crippen molar-refractivity contribution in [3.8, 4) is 6.07 Å². The fourth-order valence-corrected chi connectivity index (χ4v) is 5.16. The molecule has 0 aliphatic carbocycles. The molecule has 0 bridgehead atoms. The van der Waals surface area contributed by atoms with Crippen LogP contribution in [0.25, 0.3) is 0 Å². The molecule has 1 amide bonds. The lowest BCUT2D eigenvalue weighted by Crippen LogP contribution is -2.60. The number of halogens is 1. The van der Waals surface area contributed by atoms with Crippen LogP contribution >= 0.6 is 12.4 Å². The Morgan fingerprint density at radius 2 is 1.69 bits per heavy atom. The van der Waals surface area contributed by atoms with E-state index in [1.165, 1.54) is 0 Å². The van der Waals surface area contributed by atoms with E-state index < -0.39 is 56.3 Å². The molecule has 39 heavy (non-hydrogen) atoms. The van der Waals surface area contributed by atoms with E-state index >= 15 is 0 Å². The molecule has 0 aromatic heterocycles. The second-order valence-corrected chi connectivity index (χ2v) is 11.5. The molecule has 1 heterocycles. The maximum absolute atomic E-state index is 11.8. The lowest BCUT2D eigenvalue weighted by molar-refractivity contribution is -0.126. The van der Waals surface area contributed by atoms with E-state index in [4.69, 9.17) is 20.9 Å². The van der Waals surface area contributed by atoms with Gasteiger partial charge in [-0.25, -0.2) is 0 Å². The van der Waals surface area contributed by atoms with Crippen molar-refractivity contribution in [2.24, 2.45) is 22.8 Å². The summed E-state index contributed by atoms with van der Waals surface area (Å²) in [5.41, 5.74) is 11.3. The molecule has 0 saturated carbocycles. The third-order valence-corrected chi connectivity index (χ3v) is 7.68. The first kappa shape index (κ1) is 32.1. The number of amides is 1. The normalized spacial score (nSPS) is 19.1. The van der Waals surface area contributed by atoms with Gasteiger partial charge >= 0.3 is 10.1 Å². The Morgan fingerprint density at radius 3 is 2.18 bits per heavy atom. The number of nitrogens with two attached hydrogens (primary N) is 2. The van der Waals surface area contributed by atoms with Gasteiger partial charge in [0.1, 0.15) is 6.26 Å². The maximum atomic E-state index is 11.8. The molecule has 2 aromatic rings. The number of benzene rings is 2. The number of hydrogen-bond acceptors (Lipinski definition) is 8. The Bertz CT molecular complexity index is 1300. The van der Waals surface area contributed by atoms with Crippen molar-refractivity contribution in [1.29, 1.82) is 5.26 Å². The zero-order valence-electron chi connectivity index (χ0n) is 21.6. The van der Waals surface area contributed by atoms with Gasteiger partial charge in [-0.05, 0) is 30.4 Å². The van der Waals surface area contributed by atoms with E-state index in [2.05, 4.69) is 6.07 Å². The van der Waals surface area contributed by atoms with Crippen LogP contribution in [0.1, 0.15) is 37.8 Å². The van der Waals surface area contributed by atoms with Gasteiger partial charge in [-0.15, -0.1) is 12.4 Å². The molecule has 5 atom stereocenters. The molecular weight excluding hydrogens is 546 g/mol. The van der Waals surface area contributed by atoms with Crippen molar-refractivity contribution in [3.63, 3.8) is 0 Å². The van der Waals surface area contributed by atoms with E-state index in [0.29, 0.717) is 5.56 Å². The van der Waals surface area contributed by atoms with Gasteiger partial charge in [-0.3, -0.25) is 9.35 Å². The van der Waals surface area contributed by atoms with E-state index in [1.807, 2.05) is 30.3 Å². The van der Waals surface area contributed by atoms with Gasteiger partial charge in [0.25, 0.3) is 11.4 Å². The standard InChI is InChI=1S/C27H33N3O7S.ClH/c1-26(2,24(30)32)14-19(16-28)13-21(31)23(29)27(20-11-7-4-8-12-20,15-18-9-5-3-6-10-18)25-36-17-22(37-25)38(33,34)35;/h3-12,17,19,21,23,25,31H,13-15,29H2,1-2H3,(H2,30,32)(H,33,34,35);1H/t19?,21-,23-,25?,27?;/m1./s1. The smallest absolute Gasteiger partial charge is 0.331 e. The van der Waals surface area contributed by atoms with Gasteiger partial charge < -0.3 is 26.0 Å². The number of aliphatic hydroxyl groups is 1. The predicted octanol–water partition coefficient (Wildman–Crippen LogP) is 2.77. The molecule has 0 spiro atoms. The van der Waals surface area contributed by atoms with Crippen LogP contribution in [0.5, 0.6) is 0 Å². The van der Waals surface area contributed by atoms with Crippen molar-refractivity contribution in [3.05, 3.63) is 83.1 Å². The summed E-state index contributed by atoms with van der Waals surface area (Å²) >= 11 is 0. The second-order valence-electron chi connectivity index (χ2n) is 10.2. The highest BCUT2D eigenvalue weighted by atomic mass is 35.5. The van der Waals surface area contributed by atoms with Gasteiger partial charge in [0.05, 0.1) is 17.6 Å². The van der Waals surface area contributed by atoms with Crippen molar-refractivity contribution in [2.45, 2.75) is 57.0 Å². The van der Waals surface area contributed by atoms with Crippen molar-refractivity contribution < 1.29 is 32.3 Å². The Labute approximate surface area is 234 Å². The summed E-state index contributed by atoms with van der Waals surface area (Å²) in [6.45, 7) is 3.25. The summed E-state index contributed by atoms with van der Waals surface area (Å²) in [6, 6.07) is 19.0. The van der Waals surface area contributed by atoms with Gasteiger partial charge in [0.15, 0.2) is 0 Å². The fraction of sp³-hybridized carbons (Fsp3) is 0.407.